The maximum absolute atomic E-state index is 13.0. The van der Waals surface area contributed by atoms with Crippen LogP contribution in [0.1, 0.15) is 43.4 Å². The fourth-order valence-electron chi connectivity index (χ4n) is 4.17. The Hall–Kier alpha value is -4.00. The highest BCUT2D eigenvalue weighted by Crippen LogP contribution is 2.29. The lowest BCUT2D eigenvalue weighted by atomic mass is 10.0. The average Bonchev–Trinajstić information content (AvgIpc) is 2.99. The van der Waals surface area contributed by atoms with Gasteiger partial charge in [-0.25, -0.2) is 4.79 Å². The third-order valence-corrected chi connectivity index (χ3v) is 6.31. The zero-order valence-corrected chi connectivity index (χ0v) is 21.2. The molecule has 1 aliphatic heterocycles. The van der Waals surface area contributed by atoms with Crippen molar-refractivity contribution >= 4 is 23.3 Å². The van der Waals surface area contributed by atoms with Crippen LogP contribution in [0.4, 0.5) is 16.2 Å². The molecule has 1 aliphatic rings. The van der Waals surface area contributed by atoms with Crippen molar-refractivity contribution in [2.45, 2.75) is 45.8 Å². The minimum atomic E-state index is -0.585. The van der Waals surface area contributed by atoms with E-state index >= 15 is 0 Å². The van der Waals surface area contributed by atoms with Gasteiger partial charge in [0, 0.05) is 30.0 Å². The fraction of sp³-hybridized carbons (Fsp3) is 0.310. The second kappa shape index (κ2) is 11.2. The topological polar surface area (TPSA) is 79.9 Å². The minimum absolute atomic E-state index is 0.0585. The summed E-state index contributed by atoms with van der Waals surface area (Å²) in [7, 11) is 1.64. The summed E-state index contributed by atoms with van der Waals surface area (Å²) in [5.74, 6) is 1.83. The first-order valence-electron chi connectivity index (χ1n) is 12.2. The van der Waals surface area contributed by atoms with Crippen molar-refractivity contribution in [3.63, 3.8) is 0 Å². The minimum Gasteiger partial charge on any atom is -0.497 e. The molecule has 3 aromatic carbocycles. The molecule has 0 spiro atoms. The number of amides is 3. The molecule has 0 aromatic heterocycles. The van der Waals surface area contributed by atoms with Crippen molar-refractivity contribution in [3.05, 3.63) is 83.4 Å². The largest absolute Gasteiger partial charge is 0.497 e. The second-order valence-corrected chi connectivity index (χ2v) is 9.30. The first kappa shape index (κ1) is 25.1. The van der Waals surface area contributed by atoms with Crippen molar-refractivity contribution in [2.75, 3.05) is 24.3 Å². The molecule has 36 heavy (non-hydrogen) atoms. The van der Waals surface area contributed by atoms with Gasteiger partial charge in [-0.2, -0.15) is 0 Å². The Kier molecular flexibility index (Phi) is 7.78. The summed E-state index contributed by atoms with van der Waals surface area (Å²) in [6.45, 7) is 6.99. The van der Waals surface area contributed by atoms with Gasteiger partial charge in [0.2, 0.25) is 0 Å². The standard InChI is InChI=1S/C29H33N3O4/c1-19(2)22-7-9-24(10-8-22)30-29(34)31-25-11-14-27-23(17-25)18-32(28(33)20(3)36-27)16-15-21-5-12-26(35-4)13-6-21/h5-14,17,19-20H,15-16,18H2,1-4H3,(H2,30,31,34)/t20-/m0/s1. The van der Waals surface area contributed by atoms with E-state index in [0.717, 1.165) is 22.6 Å². The van der Waals surface area contributed by atoms with Crippen LogP contribution in [0, 0.1) is 0 Å². The van der Waals surface area contributed by atoms with Crippen LogP contribution in [-0.2, 0) is 17.8 Å². The van der Waals surface area contributed by atoms with E-state index in [1.54, 1.807) is 31.1 Å². The molecular weight excluding hydrogens is 454 g/mol. The van der Waals surface area contributed by atoms with E-state index < -0.39 is 6.10 Å². The molecule has 3 aromatic rings. The number of rotatable bonds is 7. The number of anilines is 2. The molecule has 0 bridgehead atoms. The Morgan fingerprint density at radius 3 is 2.36 bits per heavy atom. The smallest absolute Gasteiger partial charge is 0.323 e. The van der Waals surface area contributed by atoms with Crippen LogP contribution < -0.4 is 20.1 Å². The highest BCUT2D eigenvalue weighted by Gasteiger charge is 2.27. The van der Waals surface area contributed by atoms with E-state index in [-0.39, 0.29) is 11.9 Å². The van der Waals surface area contributed by atoms with Crippen LogP contribution in [0.5, 0.6) is 11.5 Å². The van der Waals surface area contributed by atoms with Crippen molar-refractivity contribution in [1.29, 1.82) is 0 Å². The van der Waals surface area contributed by atoms with E-state index in [1.165, 1.54) is 5.56 Å². The Labute approximate surface area is 212 Å². The van der Waals surface area contributed by atoms with Gasteiger partial charge in [0.05, 0.1) is 7.11 Å². The molecule has 4 rings (SSSR count). The second-order valence-electron chi connectivity index (χ2n) is 9.30. The quantitative estimate of drug-likeness (QED) is 0.440. The third kappa shape index (κ3) is 6.16. The number of nitrogens with zero attached hydrogens (tertiary/aromatic N) is 1. The van der Waals surface area contributed by atoms with Crippen molar-refractivity contribution < 1.29 is 19.1 Å². The normalized spacial score (nSPS) is 15.1. The summed E-state index contributed by atoms with van der Waals surface area (Å²) < 4.78 is 11.2. The van der Waals surface area contributed by atoms with E-state index in [4.69, 9.17) is 9.47 Å². The van der Waals surface area contributed by atoms with Gasteiger partial charge in [0.15, 0.2) is 6.10 Å². The molecule has 0 radical (unpaired) electrons. The maximum atomic E-state index is 13.0. The molecule has 1 atom stereocenters. The van der Waals surface area contributed by atoms with Gasteiger partial charge < -0.3 is 25.0 Å². The number of urea groups is 1. The van der Waals surface area contributed by atoms with Gasteiger partial charge in [0.25, 0.3) is 5.91 Å². The molecule has 7 nitrogen and oxygen atoms in total. The van der Waals surface area contributed by atoms with Crippen LogP contribution in [0.3, 0.4) is 0 Å². The average molecular weight is 488 g/mol. The number of carbonyl (C=O) groups is 2. The lowest BCUT2D eigenvalue weighted by Gasteiger charge is -2.22. The number of benzene rings is 3. The van der Waals surface area contributed by atoms with Crippen LogP contribution in [0.2, 0.25) is 0 Å². The summed E-state index contributed by atoms with van der Waals surface area (Å²) in [6.07, 6.45) is 0.131. The van der Waals surface area contributed by atoms with E-state index in [2.05, 4.69) is 24.5 Å². The van der Waals surface area contributed by atoms with Crippen molar-refractivity contribution in [2.24, 2.45) is 0 Å². The van der Waals surface area contributed by atoms with Gasteiger partial charge in [-0.05, 0) is 72.9 Å². The predicted molar refractivity (Wildman–Crippen MR) is 142 cm³/mol. The predicted octanol–water partition coefficient (Wildman–Crippen LogP) is 5.81. The Bertz CT molecular complexity index is 1210. The molecule has 0 fully saturated rings. The van der Waals surface area contributed by atoms with Gasteiger partial charge in [-0.1, -0.05) is 38.1 Å². The van der Waals surface area contributed by atoms with Crippen LogP contribution in [0.15, 0.2) is 66.7 Å². The van der Waals surface area contributed by atoms with Gasteiger partial charge >= 0.3 is 6.03 Å². The number of hydrogen-bond acceptors (Lipinski definition) is 4. The van der Waals surface area contributed by atoms with Crippen LogP contribution in [0.25, 0.3) is 0 Å². The summed E-state index contributed by atoms with van der Waals surface area (Å²) in [6, 6.07) is 20.8. The number of carbonyl (C=O) groups excluding carboxylic acids is 2. The fourth-order valence-corrected chi connectivity index (χ4v) is 4.17. The summed E-state index contributed by atoms with van der Waals surface area (Å²) in [5, 5.41) is 5.75. The lowest BCUT2D eigenvalue weighted by molar-refractivity contribution is -0.137. The lowest BCUT2D eigenvalue weighted by Crippen LogP contribution is -2.39. The highest BCUT2D eigenvalue weighted by molar-refractivity contribution is 5.99. The maximum Gasteiger partial charge on any atom is 0.323 e. The Morgan fingerprint density at radius 1 is 1.03 bits per heavy atom. The molecule has 0 aliphatic carbocycles. The number of hydrogen-bond donors (Lipinski definition) is 2. The molecule has 7 heteroatoms. The zero-order valence-electron chi connectivity index (χ0n) is 21.2. The SMILES string of the molecule is COc1ccc(CCN2Cc3cc(NC(=O)Nc4ccc(C(C)C)cc4)ccc3O[C@@H](C)C2=O)cc1. The van der Waals surface area contributed by atoms with E-state index in [9.17, 15) is 9.59 Å². The van der Waals surface area contributed by atoms with E-state index in [0.29, 0.717) is 36.9 Å². The molecule has 2 N–H and O–H groups in total. The van der Waals surface area contributed by atoms with Crippen LogP contribution in [-0.4, -0.2) is 36.6 Å². The number of ether oxygens (including phenoxy) is 2. The zero-order chi connectivity index (χ0) is 25.7. The summed E-state index contributed by atoms with van der Waals surface area (Å²) in [5.41, 5.74) is 4.54. The summed E-state index contributed by atoms with van der Waals surface area (Å²) >= 11 is 0. The molecular formula is C29H33N3O4. The molecule has 1 heterocycles. The van der Waals surface area contributed by atoms with Crippen molar-refractivity contribution in [1.82, 2.24) is 4.90 Å². The molecule has 0 saturated heterocycles. The summed E-state index contributed by atoms with van der Waals surface area (Å²) in [4.78, 5) is 27.4. The number of nitrogens with one attached hydrogen (secondary N) is 2. The Balaban J connectivity index is 1.42. The highest BCUT2D eigenvalue weighted by atomic mass is 16.5. The Morgan fingerprint density at radius 2 is 1.69 bits per heavy atom. The first-order chi connectivity index (χ1) is 17.3. The number of fused-ring (bicyclic) bond motifs is 1. The van der Waals surface area contributed by atoms with Crippen molar-refractivity contribution in [3.8, 4) is 11.5 Å². The molecule has 188 valence electrons. The molecule has 0 unspecified atom stereocenters. The van der Waals surface area contributed by atoms with Crippen LogP contribution >= 0.6 is 0 Å². The van der Waals surface area contributed by atoms with Gasteiger partial charge in [-0.3, -0.25) is 4.79 Å². The van der Waals surface area contributed by atoms with E-state index in [1.807, 2.05) is 54.6 Å². The van der Waals surface area contributed by atoms with Gasteiger partial charge in [-0.15, -0.1) is 0 Å². The monoisotopic (exact) mass is 487 g/mol. The third-order valence-electron chi connectivity index (χ3n) is 6.31. The number of methoxy groups -OCH3 is 1. The molecule has 3 amide bonds. The van der Waals surface area contributed by atoms with Gasteiger partial charge in [0.1, 0.15) is 11.5 Å². The first-order valence-corrected chi connectivity index (χ1v) is 12.2. The molecule has 0 saturated carbocycles.